The van der Waals surface area contributed by atoms with Crippen LogP contribution in [0.15, 0.2) is 59.7 Å². The van der Waals surface area contributed by atoms with Gasteiger partial charge in [-0.1, -0.05) is 35.0 Å². The zero-order valence-corrected chi connectivity index (χ0v) is 14.7. The molecule has 0 fully saturated rings. The van der Waals surface area contributed by atoms with Gasteiger partial charge in [0.15, 0.2) is 11.2 Å². The third-order valence-electron chi connectivity index (χ3n) is 4.34. The van der Waals surface area contributed by atoms with Crippen LogP contribution in [0.2, 0.25) is 0 Å². The summed E-state index contributed by atoms with van der Waals surface area (Å²) in [4.78, 5) is 17.0. The maximum absolute atomic E-state index is 12.7. The van der Waals surface area contributed by atoms with Crippen LogP contribution in [0.4, 0.5) is 13.2 Å². The topological polar surface area (TPSA) is 65.6 Å². The highest BCUT2D eigenvalue weighted by Crippen LogP contribution is 2.29. The molecule has 0 unspecified atom stereocenters. The summed E-state index contributed by atoms with van der Waals surface area (Å²) in [5.74, 6) is 0. The van der Waals surface area contributed by atoms with Gasteiger partial charge in [-0.2, -0.15) is 17.9 Å². The first-order valence-electron chi connectivity index (χ1n) is 8.37. The number of rotatable bonds is 3. The number of alkyl halides is 3. The van der Waals surface area contributed by atoms with Crippen molar-refractivity contribution in [2.24, 2.45) is 0 Å². The minimum absolute atomic E-state index is 0.0807. The predicted octanol–water partition coefficient (Wildman–Crippen LogP) is 3.35. The SMILES string of the molecule is Cc1ccc(-n2nnc3c(=O)n(Cc4ccc(C(F)(F)F)cc4)cnc32)cc1. The molecule has 0 spiro atoms. The summed E-state index contributed by atoms with van der Waals surface area (Å²) in [5, 5.41) is 7.94. The van der Waals surface area contributed by atoms with Crippen LogP contribution >= 0.6 is 0 Å². The van der Waals surface area contributed by atoms with Gasteiger partial charge in [-0.3, -0.25) is 9.36 Å². The number of aromatic nitrogens is 5. The number of hydrogen-bond acceptors (Lipinski definition) is 4. The van der Waals surface area contributed by atoms with Gasteiger partial charge in [-0.15, -0.1) is 5.10 Å². The number of nitrogens with zero attached hydrogens (tertiary/aromatic N) is 5. The fourth-order valence-electron chi connectivity index (χ4n) is 2.81. The Balaban J connectivity index is 1.67. The Kier molecular flexibility index (Phi) is 4.21. The molecule has 0 atom stereocenters. The molecule has 0 amide bonds. The van der Waals surface area contributed by atoms with Gasteiger partial charge in [0.05, 0.1) is 17.8 Å². The summed E-state index contributed by atoms with van der Waals surface area (Å²) >= 11 is 0. The Morgan fingerprint density at radius 1 is 1.00 bits per heavy atom. The molecule has 0 saturated heterocycles. The van der Waals surface area contributed by atoms with Crippen molar-refractivity contribution < 1.29 is 13.2 Å². The molecule has 0 saturated carbocycles. The van der Waals surface area contributed by atoms with Crippen molar-refractivity contribution in [2.45, 2.75) is 19.6 Å². The van der Waals surface area contributed by atoms with E-state index in [2.05, 4.69) is 15.3 Å². The lowest BCUT2D eigenvalue weighted by atomic mass is 10.1. The van der Waals surface area contributed by atoms with Crippen molar-refractivity contribution in [1.82, 2.24) is 24.5 Å². The van der Waals surface area contributed by atoms with Crippen LogP contribution in [0.5, 0.6) is 0 Å². The van der Waals surface area contributed by atoms with Crippen molar-refractivity contribution in [1.29, 1.82) is 0 Å². The standard InChI is InChI=1S/C19H14F3N5O/c1-12-2-8-15(9-3-12)27-17-16(24-25-27)18(28)26(11-23-17)10-13-4-6-14(7-5-13)19(20,21)22/h2-9,11H,10H2,1H3. The minimum Gasteiger partial charge on any atom is -0.293 e. The van der Waals surface area contributed by atoms with Gasteiger partial charge in [0.2, 0.25) is 0 Å². The van der Waals surface area contributed by atoms with Gasteiger partial charge in [-0.05, 0) is 36.8 Å². The molecular formula is C19H14F3N5O. The van der Waals surface area contributed by atoms with Gasteiger partial charge in [0.25, 0.3) is 5.56 Å². The first-order valence-corrected chi connectivity index (χ1v) is 8.37. The molecule has 28 heavy (non-hydrogen) atoms. The third kappa shape index (κ3) is 3.26. The summed E-state index contributed by atoms with van der Waals surface area (Å²) in [5.41, 5.74) is 1.61. The smallest absolute Gasteiger partial charge is 0.293 e. The molecule has 0 aliphatic carbocycles. The molecule has 6 nitrogen and oxygen atoms in total. The van der Waals surface area contributed by atoms with Crippen molar-refractivity contribution >= 4 is 11.2 Å². The first kappa shape index (κ1) is 17.9. The van der Waals surface area contributed by atoms with Gasteiger partial charge in [0.1, 0.15) is 6.33 Å². The molecule has 2 aromatic carbocycles. The van der Waals surface area contributed by atoms with Crippen molar-refractivity contribution in [2.75, 3.05) is 0 Å². The highest BCUT2D eigenvalue weighted by molar-refractivity contribution is 5.70. The van der Waals surface area contributed by atoms with E-state index in [9.17, 15) is 18.0 Å². The second-order valence-corrected chi connectivity index (χ2v) is 6.38. The van der Waals surface area contributed by atoms with Crippen molar-refractivity contribution in [3.63, 3.8) is 0 Å². The largest absolute Gasteiger partial charge is 0.416 e. The number of fused-ring (bicyclic) bond motifs is 1. The molecule has 0 radical (unpaired) electrons. The maximum atomic E-state index is 12.7. The maximum Gasteiger partial charge on any atom is 0.416 e. The van der Waals surface area contributed by atoms with E-state index in [0.29, 0.717) is 11.2 Å². The molecule has 2 aromatic heterocycles. The van der Waals surface area contributed by atoms with E-state index in [0.717, 1.165) is 23.4 Å². The molecule has 4 rings (SSSR count). The molecule has 0 aliphatic rings. The van der Waals surface area contributed by atoms with Crippen LogP contribution in [0, 0.1) is 6.92 Å². The van der Waals surface area contributed by atoms with Gasteiger partial charge >= 0.3 is 6.18 Å². The van der Waals surface area contributed by atoms with E-state index in [1.54, 1.807) is 0 Å². The zero-order chi connectivity index (χ0) is 19.9. The normalized spacial score (nSPS) is 11.9. The van der Waals surface area contributed by atoms with E-state index >= 15 is 0 Å². The van der Waals surface area contributed by atoms with E-state index in [-0.39, 0.29) is 12.1 Å². The van der Waals surface area contributed by atoms with Crippen LogP contribution < -0.4 is 5.56 Å². The van der Waals surface area contributed by atoms with Crippen LogP contribution in [0.1, 0.15) is 16.7 Å². The van der Waals surface area contributed by atoms with Crippen LogP contribution in [0.25, 0.3) is 16.9 Å². The zero-order valence-electron chi connectivity index (χ0n) is 14.7. The highest BCUT2D eigenvalue weighted by Gasteiger charge is 2.29. The molecule has 2 heterocycles. The van der Waals surface area contributed by atoms with E-state index in [1.165, 1.54) is 27.7 Å². The molecule has 9 heteroatoms. The average molecular weight is 385 g/mol. The monoisotopic (exact) mass is 385 g/mol. The molecule has 142 valence electrons. The molecule has 0 aliphatic heterocycles. The Morgan fingerprint density at radius 3 is 2.32 bits per heavy atom. The van der Waals surface area contributed by atoms with Gasteiger partial charge in [-0.25, -0.2) is 4.98 Å². The number of aryl methyl sites for hydroxylation is 1. The summed E-state index contributed by atoms with van der Waals surface area (Å²) in [6.07, 6.45) is -3.05. The Labute approximate surface area is 156 Å². The second kappa shape index (κ2) is 6.59. The number of benzene rings is 2. The second-order valence-electron chi connectivity index (χ2n) is 6.38. The fraction of sp³-hybridized carbons (Fsp3) is 0.158. The minimum atomic E-state index is -4.40. The lowest BCUT2D eigenvalue weighted by molar-refractivity contribution is -0.137. The first-order chi connectivity index (χ1) is 13.3. The fourth-order valence-corrected chi connectivity index (χ4v) is 2.81. The Bertz CT molecular complexity index is 1190. The van der Waals surface area contributed by atoms with Crippen molar-refractivity contribution in [3.05, 3.63) is 81.9 Å². The Morgan fingerprint density at radius 2 is 1.68 bits per heavy atom. The van der Waals surface area contributed by atoms with E-state index in [4.69, 9.17) is 0 Å². The molecular weight excluding hydrogens is 371 g/mol. The molecule has 0 bridgehead atoms. The Hall–Kier alpha value is -3.49. The van der Waals surface area contributed by atoms with Crippen molar-refractivity contribution in [3.8, 4) is 5.69 Å². The lowest BCUT2D eigenvalue weighted by Crippen LogP contribution is -2.21. The summed E-state index contributed by atoms with van der Waals surface area (Å²) in [6.45, 7) is 2.04. The summed E-state index contributed by atoms with van der Waals surface area (Å²) < 4.78 is 40.8. The van der Waals surface area contributed by atoms with Gasteiger partial charge in [0, 0.05) is 0 Å². The summed E-state index contributed by atoms with van der Waals surface area (Å²) in [6, 6.07) is 12.2. The molecule has 4 aromatic rings. The van der Waals surface area contributed by atoms with Crippen LogP contribution in [-0.4, -0.2) is 24.5 Å². The van der Waals surface area contributed by atoms with Crippen LogP contribution in [0.3, 0.4) is 0 Å². The van der Waals surface area contributed by atoms with Crippen LogP contribution in [-0.2, 0) is 12.7 Å². The highest BCUT2D eigenvalue weighted by atomic mass is 19.4. The third-order valence-corrected chi connectivity index (χ3v) is 4.34. The number of halogens is 3. The quantitative estimate of drug-likeness (QED) is 0.543. The average Bonchev–Trinajstić information content (AvgIpc) is 3.09. The van der Waals surface area contributed by atoms with Gasteiger partial charge < -0.3 is 0 Å². The van der Waals surface area contributed by atoms with E-state index in [1.807, 2.05) is 31.2 Å². The number of hydrogen-bond donors (Lipinski definition) is 0. The molecule has 0 N–H and O–H groups in total. The predicted molar refractivity (Wildman–Crippen MR) is 96.2 cm³/mol. The lowest BCUT2D eigenvalue weighted by Gasteiger charge is -2.09. The summed E-state index contributed by atoms with van der Waals surface area (Å²) in [7, 11) is 0. The van der Waals surface area contributed by atoms with E-state index < -0.39 is 17.3 Å².